The van der Waals surface area contributed by atoms with Gasteiger partial charge in [0.25, 0.3) is 5.91 Å². The number of carbonyl (C=O) groups is 1. The summed E-state index contributed by atoms with van der Waals surface area (Å²) in [7, 11) is -3.40. The van der Waals surface area contributed by atoms with Gasteiger partial charge in [-0.15, -0.1) is 0 Å². The predicted octanol–water partition coefficient (Wildman–Crippen LogP) is 3.44. The highest BCUT2D eigenvalue weighted by atomic mass is 35.5. The molecule has 2 aromatic carbocycles. The van der Waals surface area contributed by atoms with Gasteiger partial charge in [0.2, 0.25) is 0 Å². The second-order valence-corrected chi connectivity index (χ2v) is 7.28. The molecule has 1 amide bonds. The van der Waals surface area contributed by atoms with Gasteiger partial charge < -0.3 is 5.32 Å². The molecule has 0 aliphatic rings. The van der Waals surface area contributed by atoms with Crippen molar-refractivity contribution in [3.63, 3.8) is 0 Å². The summed E-state index contributed by atoms with van der Waals surface area (Å²) in [6.45, 7) is 1.71. The first kappa shape index (κ1) is 16.5. The highest BCUT2D eigenvalue weighted by Crippen LogP contribution is 2.22. The summed E-state index contributed by atoms with van der Waals surface area (Å²) in [5.74, 6) is -1.43. The quantitative estimate of drug-likeness (QED) is 0.930. The molecule has 2 rings (SSSR count). The van der Waals surface area contributed by atoms with Gasteiger partial charge in [-0.3, -0.25) is 4.79 Å². The molecule has 0 aliphatic carbocycles. The molecule has 4 nitrogen and oxygen atoms in total. The lowest BCUT2D eigenvalue weighted by atomic mass is 10.1. The number of rotatable bonds is 3. The maximum atomic E-state index is 13.7. The summed E-state index contributed by atoms with van der Waals surface area (Å²) in [5, 5.41) is 2.70. The Hall–Kier alpha value is -1.92. The van der Waals surface area contributed by atoms with Crippen molar-refractivity contribution in [2.45, 2.75) is 11.8 Å². The summed E-state index contributed by atoms with van der Waals surface area (Å²) >= 11 is 5.64. The molecule has 0 unspecified atom stereocenters. The predicted molar refractivity (Wildman–Crippen MR) is 83.7 cm³/mol. The molecule has 0 fully saturated rings. The van der Waals surface area contributed by atoms with Gasteiger partial charge in [0.05, 0.1) is 10.5 Å². The Labute approximate surface area is 132 Å². The molecule has 0 atom stereocenters. The number of halogens is 2. The molecule has 0 spiro atoms. The summed E-state index contributed by atoms with van der Waals surface area (Å²) in [6.07, 6.45) is 1.07. The van der Waals surface area contributed by atoms with Crippen molar-refractivity contribution in [1.82, 2.24) is 0 Å². The van der Waals surface area contributed by atoms with Crippen LogP contribution in [0.15, 0.2) is 41.3 Å². The van der Waals surface area contributed by atoms with Gasteiger partial charge in [-0.2, -0.15) is 0 Å². The van der Waals surface area contributed by atoms with E-state index in [9.17, 15) is 17.6 Å². The Morgan fingerprint density at radius 1 is 1.18 bits per heavy atom. The standard InChI is InChI=1S/C15H13ClFNO3S/c1-9-3-5-11(22(2,20)21)8-14(9)18-15(19)12-6-4-10(16)7-13(12)17/h3-8H,1-2H3,(H,18,19). The molecule has 116 valence electrons. The number of hydrogen-bond donors (Lipinski definition) is 1. The Balaban J connectivity index is 2.36. The molecular weight excluding hydrogens is 329 g/mol. The molecule has 1 N–H and O–H groups in total. The summed E-state index contributed by atoms with van der Waals surface area (Å²) in [6, 6.07) is 8.07. The van der Waals surface area contributed by atoms with E-state index >= 15 is 0 Å². The van der Waals surface area contributed by atoms with Gasteiger partial charge in [0.1, 0.15) is 5.82 Å². The van der Waals surface area contributed by atoms with Crippen LogP contribution in [-0.2, 0) is 9.84 Å². The van der Waals surface area contributed by atoms with E-state index in [2.05, 4.69) is 5.32 Å². The normalized spacial score (nSPS) is 11.3. The minimum atomic E-state index is -3.40. The Bertz CT molecular complexity index is 850. The second-order valence-electron chi connectivity index (χ2n) is 4.83. The van der Waals surface area contributed by atoms with E-state index in [1.165, 1.54) is 24.3 Å². The van der Waals surface area contributed by atoms with Gasteiger partial charge in [0.15, 0.2) is 9.84 Å². The zero-order valence-electron chi connectivity index (χ0n) is 11.9. The van der Waals surface area contributed by atoms with Gasteiger partial charge >= 0.3 is 0 Å². The van der Waals surface area contributed by atoms with Crippen LogP contribution in [-0.4, -0.2) is 20.6 Å². The summed E-state index contributed by atoms with van der Waals surface area (Å²) in [4.78, 5) is 12.2. The Kier molecular flexibility index (Phi) is 4.53. The van der Waals surface area contributed by atoms with Crippen LogP contribution >= 0.6 is 11.6 Å². The van der Waals surface area contributed by atoms with E-state index in [-0.39, 0.29) is 15.5 Å². The van der Waals surface area contributed by atoms with Crippen molar-refractivity contribution in [2.24, 2.45) is 0 Å². The molecule has 0 saturated heterocycles. The number of carbonyl (C=O) groups excluding carboxylic acids is 1. The van der Waals surface area contributed by atoms with Crippen LogP contribution in [0.3, 0.4) is 0 Å². The topological polar surface area (TPSA) is 63.2 Å². The minimum absolute atomic E-state index is 0.0741. The fraction of sp³-hybridized carbons (Fsp3) is 0.133. The first-order chi connectivity index (χ1) is 10.2. The number of hydrogen-bond acceptors (Lipinski definition) is 3. The average Bonchev–Trinajstić information content (AvgIpc) is 2.39. The Morgan fingerprint density at radius 3 is 2.45 bits per heavy atom. The van der Waals surface area contributed by atoms with Crippen LogP contribution in [0, 0.1) is 12.7 Å². The first-order valence-electron chi connectivity index (χ1n) is 6.25. The molecule has 0 bridgehead atoms. The van der Waals surface area contributed by atoms with Gasteiger partial charge in [-0.1, -0.05) is 17.7 Å². The van der Waals surface area contributed by atoms with E-state index < -0.39 is 21.6 Å². The van der Waals surface area contributed by atoms with E-state index in [4.69, 9.17) is 11.6 Å². The SMILES string of the molecule is Cc1ccc(S(C)(=O)=O)cc1NC(=O)c1ccc(Cl)cc1F. The van der Waals surface area contributed by atoms with Crippen molar-refractivity contribution in [2.75, 3.05) is 11.6 Å². The number of amides is 1. The van der Waals surface area contributed by atoms with Gasteiger partial charge in [-0.25, -0.2) is 12.8 Å². The maximum absolute atomic E-state index is 13.7. The lowest BCUT2D eigenvalue weighted by Crippen LogP contribution is -2.15. The molecule has 0 heterocycles. The number of anilines is 1. The third kappa shape index (κ3) is 3.64. The van der Waals surface area contributed by atoms with Crippen LogP contribution in [0.2, 0.25) is 5.02 Å². The fourth-order valence-electron chi connectivity index (χ4n) is 1.83. The zero-order valence-corrected chi connectivity index (χ0v) is 13.4. The average molecular weight is 342 g/mol. The molecule has 0 aromatic heterocycles. The maximum Gasteiger partial charge on any atom is 0.258 e. The largest absolute Gasteiger partial charge is 0.322 e. The monoisotopic (exact) mass is 341 g/mol. The van der Waals surface area contributed by atoms with Crippen molar-refractivity contribution < 1.29 is 17.6 Å². The van der Waals surface area contributed by atoms with E-state index in [0.717, 1.165) is 12.3 Å². The van der Waals surface area contributed by atoms with Crippen molar-refractivity contribution in [1.29, 1.82) is 0 Å². The third-order valence-electron chi connectivity index (χ3n) is 3.06. The summed E-state index contributed by atoms with van der Waals surface area (Å²) in [5.41, 5.74) is 0.797. The minimum Gasteiger partial charge on any atom is -0.322 e. The van der Waals surface area contributed by atoms with E-state index in [0.29, 0.717) is 11.3 Å². The molecule has 2 aromatic rings. The third-order valence-corrected chi connectivity index (χ3v) is 4.41. The Morgan fingerprint density at radius 2 is 1.86 bits per heavy atom. The number of benzene rings is 2. The molecule has 7 heteroatoms. The number of nitrogens with one attached hydrogen (secondary N) is 1. The zero-order chi connectivity index (χ0) is 16.5. The number of sulfone groups is 1. The fourth-order valence-corrected chi connectivity index (χ4v) is 2.64. The van der Waals surface area contributed by atoms with E-state index in [1.54, 1.807) is 13.0 Å². The second kappa shape index (κ2) is 6.06. The van der Waals surface area contributed by atoms with Crippen molar-refractivity contribution in [3.8, 4) is 0 Å². The van der Waals surface area contributed by atoms with Gasteiger partial charge in [0, 0.05) is 17.0 Å². The summed E-state index contributed by atoms with van der Waals surface area (Å²) < 4.78 is 36.8. The molecule has 22 heavy (non-hydrogen) atoms. The molecular formula is C15H13ClFNO3S. The van der Waals surface area contributed by atoms with E-state index in [1.807, 2.05) is 0 Å². The molecule has 0 saturated carbocycles. The van der Waals surface area contributed by atoms with Crippen LogP contribution in [0.25, 0.3) is 0 Å². The molecule has 0 aliphatic heterocycles. The van der Waals surface area contributed by atoms with Crippen LogP contribution < -0.4 is 5.32 Å². The lowest BCUT2D eigenvalue weighted by molar-refractivity contribution is 0.102. The lowest BCUT2D eigenvalue weighted by Gasteiger charge is -2.10. The van der Waals surface area contributed by atoms with Crippen LogP contribution in [0.4, 0.5) is 10.1 Å². The smallest absolute Gasteiger partial charge is 0.258 e. The molecule has 0 radical (unpaired) electrons. The van der Waals surface area contributed by atoms with Crippen LogP contribution in [0.1, 0.15) is 15.9 Å². The van der Waals surface area contributed by atoms with Gasteiger partial charge in [-0.05, 0) is 42.8 Å². The first-order valence-corrected chi connectivity index (χ1v) is 8.52. The highest BCUT2D eigenvalue weighted by molar-refractivity contribution is 7.90. The van der Waals surface area contributed by atoms with Crippen LogP contribution in [0.5, 0.6) is 0 Å². The van der Waals surface area contributed by atoms with Crippen molar-refractivity contribution in [3.05, 3.63) is 58.4 Å². The number of aryl methyl sites for hydroxylation is 1. The van der Waals surface area contributed by atoms with Crippen molar-refractivity contribution >= 4 is 33.0 Å². The highest BCUT2D eigenvalue weighted by Gasteiger charge is 2.15.